The van der Waals surface area contributed by atoms with Gasteiger partial charge in [-0.05, 0) is 18.2 Å². The summed E-state index contributed by atoms with van der Waals surface area (Å²) in [6, 6.07) is 8.39. The van der Waals surface area contributed by atoms with Gasteiger partial charge in [0.2, 0.25) is 0 Å². The smallest absolute Gasteiger partial charge is 0.0711 e. The van der Waals surface area contributed by atoms with Gasteiger partial charge in [0.25, 0.3) is 0 Å². The molecular formula is C7H4S3. The first kappa shape index (κ1) is 6.70. The van der Waals surface area contributed by atoms with Gasteiger partial charge in [-0.25, -0.2) is 0 Å². The quantitative estimate of drug-likeness (QED) is 0.568. The van der Waals surface area contributed by atoms with Crippen LogP contribution in [0.1, 0.15) is 0 Å². The average molecular weight is 184 g/mol. The second kappa shape index (κ2) is 2.57. The van der Waals surface area contributed by atoms with Gasteiger partial charge in [0.1, 0.15) is 3.53 Å². The maximum atomic E-state index is 5.07. The van der Waals surface area contributed by atoms with Crippen molar-refractivity contribution in [1.82, 2.24) is 0 Å². The molecule has 0 aliphatic carbocycles. The second-order valence-corrected chi connectivity index (χ2v) is 5.28. The summed E-state index contributed by atoms with van der Waals surface area (Å²) in [5.41, 5.74) is 0. The van der Waals surface area contributed by atoms with E-state index in [1.165, 1.54) is 9.79 Å². The first-order chi connectivity index (χ1) is 4.84. The molecule has 0 atom stereocenters. The zero-order chi connectivity index (χ0) is 6.97. The topological polar surface area (TPSA) is 0 Å². The number of hydrogen-bond donors (Lipinski definition) is 0. The van der Waals surface area contributed by atoms with Crippen molar-refractivity contribution >= 4 is 39.3 Å². The van der Waals surface area contributed by atoms with Crippen LogP contribution in [0.15, 0.2) is 34.1 Å². The maximum absolute atomic E-state index is 5.07. The highest BCUT2D eigenvalue weighted by molar-refractivity contribution is 8.47. The van der Waals surface area contributed by atoms with Gasteiger partial charge in [-0.2, -0.15) is 0 Å². The summed E-state index contributed by atoms with van der Waals surface area (Å²) in [7, 11) is 0. The Labute approximate surface area is 73.4 Å². The molecule has 10 heavy (non-hydrogen) atoms. The van der Waals surface area contributed by atoms with Gasteiger partial charge in [-0.1, -0.05) is 41.8 Å². The lowest BCUT2D eigenvalue weighted by molar-refractivity contribution is 1.34. The van der Waals surface area contributed by atoms with Crippen molar-refractivity contribution in [2.45, 2.75) is 9.79 Å². The van der Waals surface area contributed by atoms with Gasteiger partial charge in [0.05, 0.1) is 0 Å². The van der Waals surface area contributed by atoms with Crippen molar-refractivity contribution in [2.24, 2.45) is 0 Å². The minimum absolute atomic E-state index is 1.01. The lowest BCUT2D eigenvalue weighted by atomic mass is 10.4. The Balaban J connectivity index is 2.52. The third kappa shape index (κ3) is 1.21. The van der Waals surface area contributed by atoms with E-state index in [1.807, 2.05) is 0 Å². The molecule has 50 valence electrons. The Hall–Kier alpha value is 0.01000. The van der Waals surface area contributed by atoms with Gasteiger partial charge < -0.3 is 0 Å². The lowest BCUT2D eigenvalue weighted by Crippen LogP contribution is -1.87. The van der Waals surface area contributed by atoms with E-state index < -0.39 is 0 Å². The summed E-state index contributed by atoms with van der Waals surface area (Å²) in [6.07, 6.45) is 0. The molecule has 1 aromatic carbocycles. The van der Waals surface area contributed by atoms with Crippen molar-refractivity contribution < 1.29 is 0 Å². The fourth-order valence-corrected chi connectivity index (χ4v) is 3.26. The molecule has 3 heteroatoms. The summed E-state index contributed by atoms with van der Waals surface area (Å²) in [4.78, 5) is 2.53. The van der Waals surface area contributed by atoms with Crippen LogP contribution in [0.2, 0.25) is 0 Å². The molecule has 1 heterocycles. The lowest BCUT2D eigenvalue weighted by Gasteiger charge is -2.10. The molecule has 2 bridgehead atoms. The largest absolute Gasteiger partial charge is 0.113 e. The highest BCUT2D eigenvalue weighted by atomic mass is 32.2. The maximum Gasteiger partial charge on any atom is 0.113 e. The molecule has 0 saturated heterocycles. The molecule has 0 unspecified atom stereocenters. The van der Waals surface area contributed by atoms with Crippen molar-refractivity contribution in [3.8, 4) is 0 Å². The molecule has 0 amide bonds. The van der Waals surface area contributed by atoms with Crippen LogP contribution in [-0.2, 0) is 0 Å². The minimum Gasteiger partial charge on any atom is -0.0711 e. The van der Waals surface area contributed by atoms with Crippen LogP contribution in [0, 0.1) is 0 Å². The molecule has 0 spiro atoms. The Morgan fingerprint density at radius 2 is 1.70 bits per heavy atom. The first-order valence-corrected chi connectivity index (χ1v) is 4.88. The van der Waals surface area contributed by atoms with Crippen LogP contribution in [-0.4, -0.2) is 3.53 Å². The summed E-state index contributed by atoms with van der Waals surface area (Å²) in [5.74, 6) is 0. The zero-order valence-corrected chi connectivity index (χ0v) is 7.48. The summed E-state index contributed by atoms with van der Waals surface area (Å²) >= 11 is 8.41. The Morgan fingerprint density at radius 1 is 1.10 bits per heavy atom. The van der Waals surface area contributed by atoms with Crippen LogP contribution in [0.5, 0.6) is 0 Å². The number of thioether (sulfide) groups is 2. The van der Waals surface area contributed by atoms with E-state index in [2.05, 4.69) is 24.3 Å². The summed E-state index contributed by atoms with van der Waals surface area (Å²) < 4.78 is 1.01. The van der Waals surface area contributed by atoms with Crippen LogP contribution >= 0.6 is 35.7 Å². The molecule has 0 aromatic heterocycles. The number of benzene rings is 1. The third-order valence-corrected chi connectivity index (χ3v) is 3.52. The first-order valence-electron chi connectivity index (χ1n) is 2.84. The predicted octanol–water partition coefficient (Wildman–Crippen LogP) is 3.17. The SMILES string of the molecule is S=C1Sc2cccc(c2)S1. The van der Waals surface area contributed by atoms with E-state index in [4.69, 9.17) is 12.2 Å². The van der Waals surface area contributed by atoms with Gasteiger partial charge in [-0.15, -0.1) is 0 Å². The van der Waals surface area contributed by atoms with Gasteiger partial charge in [-0.3, -0.25) is 0 Å². The zero-order valence-electron chi connectivity index (χ0n) is 5.03. The standard InChI is InChI=1S/C7H4S3/c8-7-9-5-2-1-3-6(4-5)10-7/h1-4H. The van der Waals surface area contributed by atoms with Crippen LogP contribution < -0.4 is 0 Å². The molecular weight excluding hydrogens is 180 g/mol. The minimum atomic E-state index is 1.01. The van der Waals surface area contributed by atoms with E-state index >= 15 is 0 Å². The van der Waals surface area contributed by atoms with Gasteiger partial charge in [0.15, 0.2) is 0 Å². The highest BCUT2D eigenvalue weighted by Crippen LogP contribution is 2.37. The molecule has 0 saturated carbocycles. The monoisotopic (exact) mass is 184 g/mol. The van der Waals surface area contributed by atoms with E-state index in [-0.39, 0.29) is 0 Å². The average Bonchev–Trinajstić information content (AvgIpc) is 1.85. The molecule has 0 fully saturated rings. The number of rotatable bonds is 0. The summed E-state index contributed by atoms with van der Waals surface area (Å²) in [5, 5.41) is 0. The van der Waals surface area contributed by atoms with E-state index in [1.54, 1.807) is 23.5 Å². The molecule has 1 aromatic rings. The third-order valence-electron chi connectivity index (χ3n) is 1.21. The molecule has 1 aliphatic rings. The van der Waals surface area contributed by atoms with Crippen LogP contribution in [0.4, 0.5) is 0 Å². The highest BCUT2D eigenvalue weighted by Gasteiger charge is 2.09. The van der Waals surface area contributed by atoms with E-state index in [9.17, 15) is 0 Å². The fourth-order valence-electron chi connectivity index (χ4n) is 0.814. The predicted molar refractivity (Wildman–Crippen MR) is 50.8 cm³/mol. The van der Waals surface area contributed by atoms with Gasteiger partial charge >= 0.3 is 0 Å². The molecule has 1 aliphatic heterocycles. The van der Waals surface area contributed by atoms with Crippen molar-refractivity contribution in [1.29, 1.82) is 0 Å². The Kier molecular flexibility index (Phi) is 1.72. The molecule has 2 rings (SSSR count). The fraction of sp³-hybridized carbons (Fsp3) is 0. The Morgan fingerprint density at radius 3 is 2.30 bits per heavy atom. The Bertz CT molecular complexity index is 257. The van der Waals surface area contributed by atoms with Crippen molar-refractivity contribution in [3.05, 3.63) is 24.3 Å². The number of fused-ring (bicyclic) bond motifs is 2. The number of thiocarbonyl (C=S) groups is 1. The van der Waals surface area contributed by atoms with E-state index in [0.29, 0.717) is 0 Å². The van der Waals surface area contributed by atoms with Gasteiger partial charge in [0, 0.05) is 9.79 Å². The second-order valence-electron chi connectivity index (χ2n) is 1.93. The van der Waals surface area contributed by atoms with Crippen molar-refractivity contribution in [3.63, 3.8) is 0 Å². The van der Waals surface area contributed by atoms with E-state index in [0.717, 1.165) is 3.53 Å². The normalized spacial score (nSPS) is 15.4. The molecule has 0 N–H and O–H groups in total. The molecule has 0 radical (unpaired) electrons. The summed E-state index contributed by atoms with van der Waals surface area (Å²) in [6.45, 7) is 0. The molecule has 0 nitrogen and oxygen atoms in total. The van der Waals surface area contributed by atoms with Crippen LogP contribution in [0.25, 0.3) is 0 Å². The number of hydrogen-bond acceptors (Lipinski definition) is 3. The van der Waals surface area contributed by atoms with Crippen molar-refractivity contribution in [2.75, 3.05) is 0 Å². The van der Waals surface area contributed by atoms with Crippen LogP contribution in [0.3, 0.4) is 0 Å².